The Labute approximate surface area is 115 Å². The molecule has 1 aromatic carbocycles. The Bertz CT molecular complexity index is 675. The highest BCUT2D eigenvalue weighted by molar-refractivity contribution is 5.51. The second-order valence-electron chi connectivity index (χ2n) is 4.32. The van der Waals surface area contributed by atoms with Gasteiger partial charge in [-0.2, -0.15) is 4.98 Å². The number of rotatable bonds is 5. The summed E-state index contributed by atoms with van der Waals surface area (Å²) in [5.41, 5.74) is 1.78. The van der Waals surface area contributed by atoms with Gasteiger partial charge in [-0.05, 0) is 19.2 Å². The summed E-state index contributed by atoms with van der Waals surface area (Å²) >= 11 is 0. The quantitative estimate of drug-likeness (QED) is 0.747. The van der Waals surface area contributed by atoms with Crippen molar-refractivity contribution in [2.75, 3.05) is 7.05 Å². The summed E-state index contributed by atoms with van der Waals surface area (Å²) in [7, 11) is 1.87. The van der Waals surface area contributed by atoms with Gasteiger partial charge in [0.25, 0.3) is 5.89 Å². The van der Waals surface area contributed by atoms with Gasteiger partial charge >= 0.3 is 0 Å². The van der Waals surface area contributed by atoms with E-state index in [4.69, 9.17) is 4.52 Å². The third-order valence-electron chi connectivity index (χ3n) is 2.74. The first kappa shape index (κ1) is 12.5. The van der Waals surface area contributed by atoms with Crippen LogP contribution in [0.25, 0.3) is 11.5 Å². The van der Waals surface area contributed by atoms with Gasteiger partial charge in [0.1, 0.15) is 6.54 Å². The molecule has 0 amide bonds. The molecule has 1 N–H and O–H groups in total. The highest BCUT2D eigenvalue weighted by Gasteiger charge is 2.09. The average molecular weight is 270 g/mol. The molecular formula is C13H14N6O. The Morgan fingerprint density at radius 3 is 2.90 bits per heavy atom. The molecule has 7 heteroatoms. The van der Waals surface area contributed by atoms with Gasteiger partial charge < -0.3 is 9.84 Å². The molecule has 2 heterocycles. The highest BCUT2D eigenvalue weighted by Crippen LogP contribution is 2.16. The second-order valence-corrected chi connectivity index (χ2v) is 4.32. The minimum Gasteiger partial charge on any atom is -0.334 e. The van der Waals surface area contributed by atoms with Crippen LogP contribution in [0, 0.1) is 0 Å². The number of benzene rings is 1. The molecule has 0 bridgehead atoms. The Morgan fingerprint density at radius 2 is 2.10 bits per heavy atom. The van der Waals surface area contributed by atoms with E-state index >= 15 is 0 Å². The van der Waals surface area contributed by atoms with Gasteiger partial charge in [-0.3, -0.25) is 0 Å². The fraction of sp³-hybridized carbons (Fsp3) is 0.231. The lowest BCUT2D eigenvalue weighted by Gasteiger charge is -1.93. The zero-order valence-corrected chi connectivity index (χ0v) is 11.0. The van der Waals surface area contributed by atoms with Crippen LogP contribution in [0.4, 0.5) is 0 Å². The van der Waals surface area contributed by atoms with E-state index in [1.165, 1.54) is 0 Å². The van der Waals surface area contributed by atoms with E-state index in [-0.39, 0.29) is 0 Å². The maximum absolute atomic E-state index is 5.24. The van der Waals surface area contributed by atoms with Gasteiger partial charge in [0.05, 0.1) is 11.9 Å². The molecule has 0 radical (unpaired) electrons. The van der Waals surface area contributed by atoms with Crippen LogP contribution in [0.5, 0.6) is 0 Å². The monoisotopic (exact) mass is 270 g/mol. The largest absolute Gasteiger partial charge is 0.334 e. The Hall–Kier alpha value is -2.54. The minimum absolute atomic E-state index is 0.438. The van der Waals surface area contributed by atoms with Gasteiger partial charge in [0.2, 0.25) is 0 Å². The molecule has 3 aromatic rings. The maximum atomic E-state index is 5.24. The van der Waals surface area contributed by atoms with Crippen molar-refractivity contribution in [3.63, 3.8) is 0 Å². The second kappa shape index (κ2) is 5.62. The van der Waals surface area contributed by atoms with Gasteiger partial charge in [-0.15, -0.1) is 5.10 Å². The van der Waals surface area contributed by atoms with Crippen LogP contribution in [0.1, 0.15) is 11.5 Å². The molecule has 0 aliphatic heterocycles. The Kier molecular flexibility index (Phi) is 3.51. The molecule has 0 atom stereocenters. The van der Waals surface area contributed by atoms with Crippen LogP contribution in [0.15, 0.2) is 41.1 Å². The molecule has 3 rings (SSSR count). The molecule has 0 unspecified atom stereocenters. The molecule has 0 saturated heterocycles. The molecule has 0 aliphatic carbocycles. The number of hydrogen-bond donors (Lipinski definition) is 1. The van der Waals surface area contributed by atoms with E-state index < -0.39 is 0 Å². The first-order chi connectivity index (χ1) is 9.85. The third kappa shape index (κ3) is 2.72. The van der Waals surface area contributed by atoms with Crippen molar-refractivity contribution in [1.82, 2.24) is 30.5 Å². The lowest BCUT2D eigenvalue weighted by atomic mass is 10.2. The average Bonchev–Trinajstić information content (AvgIpc) is 3.11. The van der Waals surface area contributed by atoms with Gasteiger partial charge in [-0.25, -0.2) is 4.68 Å². The minimum atomic E-state index is 0.438. The summed E-state index contributed by atoms with van der Waals surface area (Å²) in [4.78, 5) is 4.35. The van der Waals surface area contributed by atoms with E-state index in [1.54, 1.807) is 4.68 Å². The topological polar surface area (TPSA) is 81.7 Å². The van der Waals surface area contributed by atoms with Crippen molar-refractivity contribution in [3.8, 4) is 11.5 Å². The number of nitrogens with one attached hydrogen (secondary N) is 1. The normalized spacial score (nSPS) is 10.8. The van der Waals surface area contributed by atoms with Gasteiger partial charge in [-0.1, -0.05) is 28.6 Å². The van der Waals surface area contributed by atoms with E-state index in [2.05, 4.69) is 25.8 Å². The molecule has 102 valence electrons. The number of nitrogens with zero attached hydrogens (tertiary/aromatic N) is 5. The van der Waals surface area contributed by atoms with Crippen molar-refractivity contribution < 1.29 is 4.52 Å². The zero-order valence-electron chi connectivity index (χ0n) is 11.0. The zero-order chi connectivity index (χ0) is 13.8. The fourth-order valence-corrected chi connectivity index (χ4v) is 1.84. The van der Waals surface area contributed by atoms with E-state index in [1.807, 2.05) is 43.6 Å². The molecule has 0 aliphatic rings. The SMILES string of the molecule is CNCc1cn(Cc2noc(-c3ccccc3)n2)nn1. The molecule has 20 heavy (non-hydrogen) atoms. The van der Waals surface area contributed by atoms with E-state index in [0.29, 0.717) is 24.8 Å². The van der Waals surface area contributed by atoms with Crippen molar-refractivity contribution in [2.24, 2.45) is 0 Å². The van der Waals surface area contributed by atoms with E-state index in [0.717, 1.165) is 11.3 Å². The van der Waals surface area contributed by atoms with Gasteiger partial charge in [0.15, 0.2) is 5.82 Å². The van der Waals surface area contributed by atoms with Crippen LogP contribution < -0.4 is 5.32 Å². The van der Waals surface area contributed by atoms with Crippen LogP contribution >= 0.6 is 0 Å². The first-order valence-corrected chi connectivity index (χ1v) is 6.27. The molecule has 2 aromatic heterocycles. The van der Waals surface area contributed by atoms with Crippen molar-refractivity contribution in [3.05, 3.63) is 48.0 Å². The van der Waals surface area contributed by atoms with Gasteiger partial charge in [0, 0.05) is 12.1 Å². The van der Waals surface area contributed by atoms with Crippen molar-refractivity contribution in [2.45, 2.75) is 13.1 Å². The summed E-state index contributed by atoms with van der Waals surface area (Å²) in [5, 5.41) is 15.0. The highest BCUT2D eigenvalue weighted by atomic mass is 16.5. The Balaban J connectivity index is 1.73. The molecule has 0 spiro atoms. The maximum Gasteiger partial charge on any atom is 0.257 e. The molecule has 0 saturated carbocycles. The first-order valence-electron chi connectivity index (χ1n) is 6.27. The van der Waals surface area contributed by atoms with Crippen molar-refractivity contribution >= 4 is 0 Å². The number of hydrogen-bond acceptors (Lipinski definition) is 6. The van der Waals surface area contributed by atoms with Crippen LogP contribution in [0.3, 0.4) is 0 Å². The summed E-state index contributed by atoms with van der Waals surface area (Å²) in [6, 6.07) is 9.66. The summed E-state index contributed by atoms with van der Waals surface area (Å²) in [5.74, 6) is 1.08. The third-order valence-corrected chi connectivity index (χ3v) is 2.74. The lowest BCUT2D eigenvalue weighted by molar-refractivity contribution is 0.418. The lowest BCUT2D eigenvalue weighted by Crippen LogP contribution is -2.05. The number of aromatic nitrogens is 5. The summed E-state index contributed by atoms with van der Waals surface area (Å²) in [6.07, 6.45) is 1.86. The molecular weight excluding hydrogens is 256 g/mol. The predicted octanol–water partition coefficient (Wildman–Crippen LogP) is 1.10. The molecule has 7 nitrogen and oxygen atoms in total. The van der Waals surface area contributed by atoms with Crippen LogP contribution in [-0.2, 0) is 13.1 Å². The van der Waals surface area contributed by atoms with Crippen molar-refractivity contribution in [1.29, 1.82) is 0 Å². The smallest absolute Gasteiger partial charge is 0.257 e. The molecule has 0 fully saturated rings. The summed E-state index contributed by atoms with van der Waals surface area (Å²) in [6.45, 7) is 1.12. The van der Waals surface area contributed by atoms with Crippen LogP contribution in [0.2, 0.25) is 0 Å². The van der Waals surface area contributed by atoms with E-state index in [9.17, 15) is 0 Å². The predicted molar refractivity (Wildman–Crippen MR) is 71.6 cm³/mol. The Morgan fingerprint density at radius 1 is 1.25 bits per heavy atom. The van der Waals surface area contributed by atoms with Crippen LogP contribution in [-0.4, -0.2) is 32.2 Å². The summed E-state index contributed by atoms with van der Waals surface area (Å²) < 4.78 is 6.93. The standard InChI is InChI=1S/C13H14N6O/c1-14-7-11-8-19(18-16-11)9-12-15-13(20-17-12)10-5-3-2-4-6-10/h2-6,8,14H,7,9H2,1H3. The fourth-order valence-electron chi connectivity index (χ4n) is 1.84.